The molecule has 1 aliphatic rings. The molecule has 1 aliphatic carbocycles. The summed E-state index contributed by atoms with van der Waals surface area (Å²) in [5.41, 5.74) is 3.49. The molecule has 0 amide bonds. The maximum absolute atomic E-state index is 11.8. The Bertz CT molecular complexity index is 707. The lowest BCUT2D eigenvalue weighted by Crippen LogP contribution is -2.22. The minimum Gasteiger partial charge on any atom is -0.295 e. The quantitative estimate of drug-likeness (QED) is 0.836. The monoisotopic (exact) mass is 268 g/mol. The van der Waals surface area contributed by atoms with Crippen molar-refractivity contribution in [2.45, 2.75) is 33.1 Å². The molecule has 1 heterocycles. The van der Waals surface area contributed by atoms with E-state index in [1.54, 1.807) is 0 Å². The van der Waals surface area contributed by atoms with E-state index in [0.717, 1.165) is 24.1 Å². The highest BCUT2D eigenvalue weighted by Gasteiger charge is 2.27. The van der Waals surface area contributed by atoms with Crippen LogP contribution in [0.4, 0.5) is 0 Å². The van der Waals surface area contributed by atoms with Crippen LogP contribution >= 0.6 is 0 Å². The first-order chi connectivity index (χ1) is 9.44. The van der Waals surface area contributed by atoms with Gasteiger partial charge in [0.25, 0.3) is 0 Å². The summed E-state index contributed by atoms with van der Waals surface area (Å²) in [6, 6.07) is 8.25. The summed E-state index contributed by atoms with van der Waals surface area (Å²) in [5.74, 6) is 0.247. The van der Waals surface area contributed by atoms with E-state index in [2.05, 4.69) is 31.1 Å². The van der Waals surface area contributed by atoms with Crippen molar-refractivity contribution >= 4 is 16.7 Å². The van der Waals surface area contributed by atoms with Gasteiger partial charge in [-0.25, -0.2) is 0 Å². The Morgan fingerprint density at radius 2 is 2.00 bits per heavy atom. The fourth-order valence-corrected chi connectivity index (χ4v) is 3.23. The molecule has 3 rings (SSSR count). The zero-order valence-electron chi connectivity index (χ0n) is 12.3. The van der Waals surface area contributed by atoms with Gasteiger partial charge in [0.15, 0.2) is 5.78 Å². The topological polar surface area (TPSA) is 34.9 Å². The van der Waals surface area contributed by atoms with Crippen molar-refractivity contribution in [2.75, 3.05) is 0 Å². The number of nitrogens with zero attached hydrogens (tertiary/aromatic N) is 2. The van der Waals surface area contributed by atoms with E-state index in [1.807, 2.05) is 29.9 Å². The number of rotatable bonds is 2. The minimum atomic E-state index is 0.0751. The number of carbonyl (C=O) groups is 1. The van der Waals surface area contributed by atoms with Crippen molar-refractivity contribution in [3.05, 3.63) is 41.6 Å². The maximum atomic E-state index is 11.8. The van der Waals surface area contributed by atoms with Crippen molar-refractivity contribution in [3.63, 3.8) is 0 Å². The van der Waals surface area contributed by atoms with E-state index in [9.17, 15) is 4.79 Å². The van der Waals surface area contributed by atoms with E-state index in [0.29, 0.717) is 6.42 Å². The van der Waals surface area contributed by atoms with E-state index in [-0.39, 0.29) is 11.2 Å². The Balaban J connectivity index is 1.96. The fraction of sp³-hybridized carbons (Fsp3) is 0.412. The highest BCUT2D eigenvalue weighted by Crippen LogP contribution is 2.35. The summed E-state index contributed by atoms with van der Waals surface area (Å²) in [7, 11) is 1.97. The molecular formula is C17H20N2O. The molecule has 20 heavy (non-hydrogen) atoms. The Labute approximate surface area is 119 Å². The van der Waals surface area contributed by atoms with Crippen LogP contribution in [0.5, 0.6) is 0 Å². The summed E-state index contributed by atoms with van der Waals surface area (Å²) in [4.78, 5) is 11.8. The van der Waals surface area contributed by atoms with Gasteiger partial charge in [0, 0.05) is 25.3 Å². The van der Waals surface area contributed by atoms with Gasteiger partial charge in [0.1, 0.15) is 0 Å². The number of hydrogen-bond acceptors (Lipinski definition) is 2. The highest BCUT2D eigenvalue weighted by atomic mass is 16.1. The molecular weight excluding hydrogens is 248 g/mol. The average Bonchev–Trinajstić information content (AvgIpc) is 2.64. The third-order valence-electron chi connectivity index (χ3n) is 3.95. The van der Waals surface area contributed by atoms with Crippen molar-refractivity contribution < 1.29 is 4.79 Å². The molecule has 1 aromatic carbocycles. The predicted octanol–water partition coefficient (Wildman–Crippen LogP) is 3.43. The van der Waals surface area contributed by atoms with Crippen LogP contribution in [0.3, 0.4) is 0 Å². The van der Waals surface area contributed by atoms with Crippen LogP contribution < -0.4 is 0 Å². The van der Waals surface area contributed by atoms with Crippen LogP contribution in [0.1, 0.15) is 32.4 Å². The van der Waals surface area contributed by atoms with E-state index in [4.69, 9.17) is 0 Å². The zero-order valence-corrected chi connectivity index (χ0v) is 12.3. The second-order valence-corrected chi connectivity index (χ2v) is 6.55. The van der Waals surface area contributed by atoms with Gasteiger partial charge in [-0.05, 0) is 24.0 Å². The number of aromatic nitrogens is 2. The Morgan fingerprint density at radius 3 is 2.75 bits per heavy atom. The third kappa shape index (κ3) is 2.40. The summed E-state index contributed by atoms with van der Waals surface area (Å²) in [6.07, 6.45) is 4.23. The molecule has 0 fully saturated rings. The molecule has 104 valence electrons. The molecule has 0 aliphatic heterocycles. The normalized spacial score (nSPS) is 18.4. The molecule has 0 radical (unpaired) electrons. The number of ketones is 1. The molecule has 3 nitrogen and oxygen atoms in total. The summed E-state index contributed by atoms with van der Waals surface area (Å²) in [6.45, 7) is 4.32. The smallest absolute Gasteiger partial charge is 0.156 e. The highest BCUT2D eigenvalue weighted by molar-refractivity contribution is 5.92. The molecule has 0 saturated heterocycles. The lowest BCUT2D eigenvalue weighted by molar-refractivity contribution is -0.117. The van der Waals surface area contributed by atoms with E-state index < -0.39 is 0 Å². The Hall–Kier alpha value is -1.90. The van der Waals surface area contributed by atoms with Crippen molar-refractivity contribution in [2.24, 2.45) is 12.5 Å². The fourth-order valence-electron chi connectivity index (χ4n) is 3.23. The number of benzene rings is 1. The van der Waals surface area contributed by atoms with Crippen LogP contribution in [0.15, 0.2) is 35.9 Å². The zero-order chi connectivity index (χ0) is 14.3. The van der Waals surface area contributed by atoms with Crippen molar-refractivity contribution in [1.82, 2.24) is 9.78 Å². The molecule has 2 aromatic rings. The summed E-state index contributed by atoms with van der Waals surface area (Å²) < 4.78 is 1.92. The number of hydrogen-bond donors (Lipinski definition) is 0. The summed E-state index contributed by atoms with van der Waals surface area (Å²) in [5, 5.41) is 5.81. The van der Waals surface area contributed by atoms with Crippen LogP contribution in [-0.2, 0) is 18.3 Å². The number of aryl methyl sites for hydroxylation is 1. The molecule has 0 spiro atoms. The first-order valence-electron chi connectivity index (χ1n) is 7.07. The molecule has 3 heteroatoms. The first-order valence-corrected chi connectivity index (χ1v) is 7.07. The van der Waals surface area contributed by atoms with Crippen LogP contribution in [0.25, 0.3) is 10.9 Å². The van der Waals surface area contributed by atoms with Crippen molar-refractivity contribution in [3.8, 4) is 0 Å². The van der Waals surface area contributed by atoms with Gasteiger partial charge in [0.2, 0.25) is 0 Å². The van der Waals surface area contributed by atoms with Gasteiger partial charge >= 0.3 is 0 Å². The standard InChI is InChI=1S/C17H20N2O/c1-17(2)10-12(8-13(20)11-17)9-15-14-6-4-5-7-16(14)19(3)18-15/h4-8H,9-11H2,1-3H3. The molecule has 0 bridgehead atoms. The second-order valence-electron chi connectivity index (χ2n) is 6.55. The first kappa shape index (κ1) is 13.1. The number of allylic oxidation sites excluding steroid dienone is 2. The van der Waals surface area contributed by atoms with Gasteiger partial charge in [0.05, 0.1) is 11.2 Å². The lowest BCUT2D eigenvalue weighted by Gasteiger charge is -2.28. The molecule has 0 unspecified atom stereocenters. The molecule has 1 aromatic heterocycles. The van der Waals surface area contributed by atoms with Gasteiger partial charge in [-0.1, -0.05) is 37.6 Å². The van der Waals surface area contributed by atoms with Gasteiger partial charge in [-0.15, -0.1) is 0 Å². The van der Waals surface area contributed by atoms with Crippen molar-refractivity contribution in [1.29, 1.82) is 0 Å². The second kappa shape index (κ2) is 4.58. The minimum absolute atomic E-state index is 0.0751. The largest absolute Gasteiger partial charge is 0.295 e. The lowest BCUT2D eigenvalue weighted by atomic mass is 9.76. The van der Waals surface area contributed by atoms with E-state index >= 15 is 0 Å². The Kier molecular flexibility index (Phi) is 3.00. The number of para-hydroxylation sites is 1. The summed E-state index contributed by atoms with van der Waals surface area (Å²) >= 11 is 0. The predicted molar refractivity (Wildman–Crippen MR) is 80.5 cm³/mol. The van der Waals surface area contributed by atoms with Crippen LogP contribution in [0, 0.1) is 5.41 Å². The molecule has 0 atom stereocenters. The van der Waals surface area contributed by atoms with Gasteiger partial charge in [-0.3, -0.25) is 9.48 Å². The maximum Gasteiger partial charge on any atom is 0.156 e. The van der Waals surface area contributed by atoms with Gasteiger partial charge < -0.3 is 0 Å². The van der Waals surface area contributed by atoms with Crippen LogP contribution in [-0.4, -0.2) is 15.6 Å². The van der Waals surface area contributed by atoms with Gasteiger partial charge in [-0.2, -0.15) is 5.10 Å². The number of fused-ring (bicyclic) bond motifs is 1. The van der Waals surface area contributed by atoms with Crippen LogP contribution in [0.2, 0.25) is 0 Å². The SMILES string of the molecule is Cn1nc(CC2=CC(=O)CC(C)(C)C2)c2ccccc21. The average molecular weight is 268 g/mol. The Morgan fingerprint density at radius 1 is 1.25 bits per heavy atom. The molecule has 0 saturated carbocycles. The number of carbonyl (C=O) groups excluding carboxylic acids is 1. The van der Waals surface area contributed by atoms with E-state index in [1.165, 1.54) is 11.0 Å². The third-order valence-corrected chi connectivity index (χ3v) is 3.95. The molecule has 0 N–H and O–H groups in total.